The first-order chi connectivity index (χ1) is 14.8. The second-order valence-electron chi connectivity index (χ2n) is 8.15. The van der Waals surface area contributed by atoms with Crippen LogP contribution in [0, 0.1) is 13.8 Å². The van der Waals surface area contributed by atoms with Crippen molar-refractivity contribution < 1.29 is 19.1 Å². The van der Waals surface area contributed by atoms with E-state index in [4.69, 9.17) is 20.0 Å². The number of aryl methyl sites for hydroxylation is 1. The summed E-state index contributed by atoms with van der Waals surface area (Å²) in [5.41, 5.74) is 9.98. The van der Waals surface area contributed by atoms with Gasteiger partial charge in [-0.2, -0.15) is 0 Å². The van der Waals surface area contributed by atoms with Crippen molar-refractivity contribution >= 4 is 17.8 Å². The molecule has 1 fully saturated rings. The summed E-state index contributed by atoms with van der Waals surface area (Å²) < 4.78 is 10.8. The molecule has 2 aromatic rings. The molecular weight excluding hydrogens is 400 g/mol. The van der Waals surface area contributed by atoms with Gasteiger partial charge >= 0.3 is 12.1 Å². The number of benzene rings is 1. The van der Waals surface area contributed by atoms with E-state index in [1.165, 1.54) is 5.56 Å². The van der Waals surface area contributed by atoms with Gasteiger partial charge in [0.1, 0.15) is 6.04 Å². The molecule has 1 aromatic heterocycles. The first-order valence-electron chi connectivity index (χ1n) is 10.5. The number of anilines is 2. The zero-order valence-corrected chi connectivity index (χ0v) is 18.6. The maximum absolute atomic E-state index is 12.1. The van der Waals surface area contributed by atoms with Gasteiger partial charge in [-0.3, -0.25) is 4.90 Å². The fourth-order valence-corrected chi connectivity index (χ4v) is 3.46. The van der Waals surface area contributed by atoms with Crippen LogP contribution in [-0.4, -0.2) is 70.1 Å². The van der Waals surface area contributed by atoms with Crippen molar-refractivity contribution in [2.45, 2.75) is 46.4 Å². The molecule has 0 radical (unpaired) electrons. The minimum Gasteiger partial charge on any atom is -0.447 e. The van der Waals surface area contributed by atoms with E-state index in [2.05, 4.69) is 26.5 Å². The number of carbonyl (C=O) groups excluding carboxylic acids is 1. The molecule has 3 rings (SSSR count). The number of nitrogens with zero attached hydrogens (tertiary/aromatic N) is 4. The smallest absolute Gasteiger partial charge is 0.410 e. The van der Waals surface area contributed by atoms with Crippen molar-refractivity contribution in [3.63, 3.8) is 0 Å². The third-order valence-electron chi connectivity index (χ3n) is 5.22. The molecule has 1 aromatic carbocycles. The number of aliphatic hydroxyl groups is 1. The molecule has 170 valence electrons. The lowest BCUT2D eigenvalue weighted by Gasteiger charge is -2.34. The number of ether oxygens (including phenoxy) is 1. The lowest BCUT2D eigenvalue weighted by Crippen LogP contribution is -2.48. The molecule has 2 heterocycles. The Morgan fingerprint density at radius 2 is 1.97 bits per heavy atom. The van der Waals surface area contributed by atoms with Gasteiger partial charge in [-0.05, 0) is 50.5 Å². The summed E-state index contributed by atoms with van der Waals surface area (Å²) in [6, 6.07) is 3.72. The standard InChI is InChI=1S/C21H32N6O4/c1-13(2)30-21(29)27-7-5-26(6-8-27)11-16-9-14(3)10-18(15(16)4)23-20-25-24-19(31-20)17(22)12-28/h9-10,13,17,28H,5-8,11-12,22H2,1-4H3,(H,23,25). The highest BCUT2D eigenvalue weighted by molar-refractivity contribution is 5.68. The van der Waals surface area contributed by atoms with Crippen LogP contribution in [0.1, 0.15) is 42.5 Å². The molecule has 1 aliphatic heterocycles. The Kier molecular flexibility index (Phi) is 7.47. The number of carbonyl (C=O) groups is 1. The van der Waals surface area contributed by atoms with E-state index in [9.17, 15) is 4.79 Å². The van der Waals surface area contributed by atoms with Crippen LogP contribution >= 0.6 is 0 Å². The Balaban J connectivity index is 1.65. The zero-order chi connectivity index (χ0) is 22.5. The molecule has 10 nitrogen and oxygen atoms in total. The van der Waals surface area contributed by atoms with Crippen LogP contribution in [0.15, 0.2) is 16.5 Å². The SMILES string of the molecule is Cc1cc(CN2CCN(C(=O)OC(C)C)CC2)c(C)c(Nc2nnc(C(N)CO)o2)c1. The van der Waals surface area contributed by atoms with Gasteiger partial charge in [0.25, 0.3) is 0 Å². The highest BCUT2D eigenvalue weighted by atomic mass is 16.6. The third kappa shape index (κ3) is 5.93. The van der Waals surface area contributed by atoms with Gasteiger partial charge in [0.05, 0.1) is 12.7 Å². The van der Waals surface area contributed by atoms with Gasteiger partial charge in [-0.25, -0.2) is 4.79 Å². The van der Waals surface area contributed by atoms with Crippen molar-refractivity contribution in [3.05, 3.63) is 34.7 Å². The molecule has 31 heavy (non-hydrogen) atoms. The molecule has 0 saturated carbocycles. The van der Waals surface area contributed by atoms with Crippen LogP contribution < -0.4 is 11.1 Å². The molecule has 10 heteroatoms. The summed E-state index contributed by atoms with van der Waals surface area (Å²) in [6.07, 6.45) is -0.353. The lowest BCUT2D eigenvalue weighted by molar-refractivity contribution is 0.0559. The average molecular weight is 433 g/mol. The topological polar surface area (TPSA) is 130 Å². The quantitative estimate of drug-likeness (QED) is 0.602. The molecule has 1 unspecified atom stereocenters. The van der Waals surface area contributed by atoms with Gasteiger partial charge in [-0.15, -0.1) is 5.10 Å². The van der Waals surface area contributed by atoms with Gasteiger partial charge in [0.2, 0.25) is 5.89 Å². The van der Waals surface area contributed by atoms with Crippen molar-refractivity contribution in [1.29, 1.82) is 0 Å². The van der Waals surface area contributed by atoms with E-state index in [-0.39, 0.29) is 30.7 Å². The summed E-state index contributed by atoms with van der Waals surface area (Å²) in [5.74, 6) is 0.185. The number of aliphatic hydroxyl groups excluding tert-OH is 1. The largest absolute Gasteiger partial charge is 0.447 e. The number of aromatic nitrogens is 2. The van der Waals surface area contributed by atoms with E-state index in [0.717, 1.165) is 36.4 Å². The maximum atomic E-state index is 12.1. The first kappa shape index (κ1) is 23.0. The van der Waals surface area contributed by atoms with Gasteiger partial charge in [0, 0.05) is 38.4 Å². The molecule has 1 saturated heterocycles. The van der Waals surface area contributed by atoms with Crippen LogP contribution in [0.2, 0.25) is 0 Å². The molecule has 0 aliphatic carbocycles. The number of amides is 1. The predicted molar refractivity (Wildman–Crippen MR) is 116 cm³/mol. The second-order valence-corrected chi connectivity index (χ2v) is 8.15. The van der Waals surface area contributed by atoms with Crippen LogP contribution in [0.3, 0.4) is 0 Å². The summed E-state index contributed by atoms with van der Waals surface area (Å²) >= 11 is 0. The van der Waals surface area contributed by atoms with Crippen molar-refractivity contribution in [3.8, 4) is 0 Å². The van der Waals surface area contributed by atoms with E-state index in [1.807, 2.05) is 33.8 Å². The van der Waals surface area contributed by atoms with Crippen LogP contribution in [-0.2, 0) is 11.3 Å². The van der Waals surface area contributed by atoms with E-state index >= 15 is 0 Å². The molecule has 0 bridgehead atoms. The molecule has 1 aliphatic rings. The fourth-order valence-electron chi connectivity index (χ4n) is 3.46. The van der Waals surface area contributed by atoms with E-state index in [1.54, 1.807) is 4.90 Å². The normalized spacial score (nSPS) is 15.9. The molecule has 0 spiro atoms. The Morgan fingerprint density at radius 3 is 2.61 bits per heavy atom. The number of piperazine rings is 1. The van der Waals surface area contributed by atoms with Gasteiger partial charge < -0.3 is 30.2 Å². The van der Waals surface area contributed by atoms with Crippen molar-refractivity contribution in [2.24, 2.45) is 5.73 Å². The number of nitrogens with one attached hydrogen (secondary N) is 1. The number of nitrogens with two attached hydrogens (primary N) is 1. The maximum Gasteiger partial charge on any atom is 0.410 e. The monoisotopic (exact) mass is 432 g/mol. The van der Waals surface area contributed by atoms with Crippen molar-refractivity contribution in [2.75, 3.05) is 38.1 Å². The summed E-state index contributed by atoms with van der Waals surface area (Å²) in [6.45, 7) is 11.2. The van der Waals surface area contributed by atoms with Crippen LogP contribution in [0.25, 0.3) is 0 Å². The Hall–Kier alpha value is -2.69. The van der Waals surface area contributed by atoms with Crippen LogP contribution in [0.4, 0.5) is 16.5 Å². The van der Waals surface area contributed by atoms with Gasteiger partial charge in [-0.1, -0.05) is 11.2 Å². The Labute approximate surface area is 182 Å². The number of hydrogen-bond donors (Lipinski definition) is 3. The third-order valence-corrected chi connectivity index (χ3v) is 5.22. The summed E-state index contributed by atoms with van der Waals surface area (Å²) in [4.78, 5) is 16.2. The summed E-state index contributed by atoms with van der Waals surface area (Å²) in [7, 11) is 0. The highest BCUT2D eigenvalue weighted by Crippen LogP contribution is 2.26. The molecular formula is C21H32N6O4. The molecule has 1 amide bonds. The highest BCUT2D eigenvalue weighted by Gasteiger charge is 2.23. The van der Waals surface area contributed by atoms with Gasteiger partial charge in [0.15, 0.2) is 0 Å². The summed E-state index contributed by atoms with van der Waals surface area (Å²) in [5, 5.41) is 20.1. The predicted octanol–water partition coefficient (Wildman–Crippen LogP) is 2.08. The minimum atomic E-state index is -0.700. The molecule has 1 atom stereocenters. The average Bonchev–Trinajstić information content (AvgIpc) is 3.19. The van der Waals surface area contributed by atoms with Crippen LogP contribution in [0.5, 0.6) is 0 Å². The number of rotatable bonds is 7. The first-order valence-corrected chi connectivity index (χ1v) is 10.5. The minimum absolute atomic E-state index is 0.110. The second kappa shape index (κ2) is 10.1. The van der Waals surface area contributed by atoms with E-state index < -0.39 is 6.04 Å². The Morgan fingerprint density at radius 1 is 1.26 bits per heavy atom. The Bertz CT molecular complexity index is 892. The van der Waals surface area contributed by atoms with E-state index in [0.29, 0.717) is 13.1 Å². The fraction of sp³-hybridized carbons (Fsp3) is 0.571. The zero-order valence-electron chi connectivity index (χ0n) is 18.6. The lowest BCUT2D eigenvalue weighted by atomic mass is 10.0. The molecule has 4 N–H and O–H groups in total. The number of hydrogen-bond acceptors (Lipinski definition) is 9. The van der Waals surface area contributed by atoms with Crippen molar-refractivity contribution in [1.82, 2.24) is 20.0 Å².